The van der Waals surface area contributed by atoms with Crippen LogP contribution in [0.3, 0.4) is 0 Å². The van der Waals surface area contributed by atoms with E-state index in [9.17, 15) is 0 Å². The van der Waals surface area contributed by atoms with Crippen molar-refractivity contribution >= 4 is 0 Å². The van der Waals surface area contributed by atoms with Crippen LogP contribution in [0.25, 0.3) is 0 Å². The summed E-state index contributed by atoms with van der Waals surface area (Å²) in [6.45, 7) is 3.97. The Kier molecular flexibility index (Phi) is 2.65. The van der Waals surface area contributed by atoms with E-state index in [2.05, 4.69) is 17.2 Å². The number of hydrogen-bond donors (Lipinski definition) is 1. The van der Waals surface area contributed by atoms with E-state index < -0.39 is 0 Å². The molecule has 1 aromatic rings. The number of nitrogens with one attached hydrogen (secondary N) is 1. The van der Waals surface area contributed by atoms with Crippen molar-refractivity contribution in [2.45, 2.75) is 26.3 Å². The highest BCUT2D eigenvalue weighted by Gasteiger charge is 2.09. The van der Waals surface area contributed by atoms with Gasteiger partial charge in [-0.05, 0) is 13.5 Å². The molecule has 0 aromatic carbocycles. The first-order valence-corrected chi connectivity index (χ1v) is 3.87. The molecule has 0 spiro atoms. The van der Waals surface area contributed by atoms with E-state index in [4.69, 9.17) is 4.42 Å². The Hall–Kier alpha value is -0.830. The molecule has 62 valence electrons. The van der Waals surface area contributed by atoms with Gasteiger partial charge in [0, 0.05) is 6.92 Å². The lowest BCUT2D eigenvalue weighted by molar-refractivity contribution is 0.514. The van der Waals surface area contributed by atoms with Crippen LogP contribution in [0.5, 0.6) is 0 Å². The van der Waals surface area contributed by atoms with E-state index in [1.54, 1.807) is 6.26 Å². The quantitative estimate of drug-likeness (QED) is 0.719. The fraction of sp³-hybridized carbons (Fsp3) is 0.625. The van der Waals surface area contributed by atoms with Gasteiger partial charge in [-0.2, -0.15) is 0 Å². The lowest BCUT2D eigenvalue weighted by Crippen LogP contribution is -2.15. The maximum atomic E-state index is 5.10. The van der Waals surface area contributed by atoms with Crippen LogP contribution in [0.2, 0.25) is 0 Å². The van der Waals surface area contributed by atoms with Crippen LogP contribution in [0.4, 0.5) is 0 Å². The Labute approximate surface area is 66.8 Å². The van der Waals surface area contributed by atoms with Gasteiger partial charge >= 0.3 is 0 Å². The van der Waals surface area contributed by atoms with E-state index in [0.717, 1.165) is 18.0 Å². The largest absolute Gasteiger partial charge is 0.449 e. The zero-order chi connectivity index (χ0) is 8.27. The molecule has 3 heteroatoms. The van der Waals surface area contributed by atoms with Crippen molar-refractivity contribution < 1.29 is 4.42 Å². The minimum Gasteiger partial charge on any atom is -0.449 e. The van der Waals surface area contributed by atoms with Gasteiger partial charge in [0.25, 0.3) is 0 Å². The number of hydrogen-bond acceptors (Lipinski definition) is 3. The summed E-state index contributed by atoms with van der Waals surface area (Å²) in [6.07, 6.45) is 2.74. The minimum absolute atomic E-state index is 0.326. The Morgan fingerprint density at radius 3 is 2.82 bits per heavy atom. The maximum absolute atomic E-state index is 5.10. The number of oxazole rings is 1. The standard InChI is InChI=1S/C8H14N2O/c1-4-7(9-3)8-5-11-6(2)10-8/h5,7,9H,4H2,1-3H3. The lowest BCUT2D eigenvalue weighted by Gasteiger charge is -2.08. The average Bonchev–Trinajstić information content (AvgIpc) is 2.39. The number of aromatic nitrogens is 1. The van der Waals surface area contributed by atoms with Crippen LogP contribution in [0.15, 0.2) is 10.7 Å². The summed E-state index contributed by atoms with van der Waals surface area (Å²) in [7, 11) is 1.93. The third kappa shape index (κ3) is 1.80. The SMILES string of the molecule is CCC(NC)c1coc(C)n1. The molecule has 0 aliphatic carbocycles. The topological polar surface area (TPSA) is 38.1 Å². The fourth-order valence-corrected chi connectivity index (χ4v) is 1.10. The van der Waals surface area contributed by atoms with Crippen LogP contribution >= 0.6 is 0 Å². The molecule has 1 rings (SSSR count). The van der Waals surface area contributed by atoms with Crippen molar-refractivity contribution in [1.82, 2.24) is 10.3 Å². The summed E-state index contributed by atoms with van der Waals surface area (Å²) in [5.74, 6) is 0.730. The molecule has 0 radical (unpaired) electrons. The van der Waals surface area contributed by atoms with Gasteiger partial charge in [-0.1, -0.05) is 6.92 Å². The van der Waals surface area contributed by atoms with Gasteiger partial charge in [-0.25, -0.2) is 4.98 Å². The highest BCUT2D eigenvalue weighted by molar-refractivity contribution is 5.01. The summed E-state index contributed by atoms with van der Waals surface area (Å²) >= 11 is 0. The minimum atomic E-state index is 0.326. The van der Waals surface area contributed by atoms with E-state index >= 15 is 0 Å². The average molecular weight is 154 g/mol. The molecule has 0 amide bonds. The predicted octanol–water partition coefficient (Wildman–Crippen LogP) is 1.65. The van der Waals surface area contributed by atoms with Crippen molar-refractivity contribution in [3.63, 3.8) is 0 Å². The molecular weight excluding hydrogens is 140 g/mol. The molecule has 0 saturated heterocycles. The van der Waals surface area contributed by atoms with Crippen LogP contribution < -0.4 is 5.32 Å². The molecule has 11 heavy (non-hydrogen) atoms. The molecule has 0 bridgehead atoms. The van der Waals surface area contributed by atoms with E-state index in [-0.39, 0.29) is 0 Å². The molecule has 1 atom stereocenters. The molecule has 3 nitrogen and oxygen atoms in total. The third-order valence-electron chi connectivity index (χ3n) is 1.75. The Morgan fingerprint density at radius 1 is 1.73 bits per heavy atom. The molecule has 0 saturated carbocycles. The Bertz CT molecular complexity index is 216. The molecule has 0 aliphatic heterocycles. The monoisotopic (exact) mass is 154 g/mol. The van der Waals surface area contributed by atoms with E-state index in [1.165, 1.54) is 0 Å². The van der Waals surface area contributed by atoms with Crippen LogP contribution in [-0.2, 0) is 0 Å². The lowest BCUT2D eigenvalue weighted by atomic mass is 10.2. The van der Waals surface area contributed by atoms with E-state index in [0.29, 0.717) is 6.04 Å². The van der Waals surface area contributed by atoms with Gasteiger partial charge < -0.3 is 9.73 Å². The summed E-state index contributed by atoms with van der Waals surface area (Å²) in [5.41, 5.74) is 0.993. The molecular formula is C8H14N2O. The first-order valence-electron chi connectivity index (χ1n) is 3.87. The zero-order valence-corrected chi connectivity index (χ0v) is 7.22. The molecule has 0 aliphatic rings. The van der Waals surface area contributed by atoms with Crippen molar-refractivity contribution in [3.8, 4) is 0 Å². The van der Waals surface area contributed by atoms with Gasteiger partial charge in [0.1, 0.15) is 6.26 Å². The second-order valence-electron chi connectivity index (χ2n) is 2.54. The molecule has 1 unspecified atom stereocenters. The van der Waals surface area contributed by atoms with Crippen LogP contribution in [0, 0.1) is 6.92 Å². The Morgan fingerprint density at radius 2 is 2.45 bits per heavy atom. The fourth-order valence-electron chi connectivity index (χ4n) is 1.10. The van der Waals surface area contributed by atoms with E-state index in [1.807, 2.05) is 14.0 Å². The Balaban J connectivity index is 2.73. The van der Waals surface area contributed by atoms with Gasteiger partial charge in [0.15, 0.2) is 5.89 Å². The third-order valence-corrected chi connectivity index (χ3v) is 1.75. The van der Waals surface area contributed by atoms with Crippen molar-refractivity contribution in [2.24, 2.45) is 0 Å². The molecule has 1 N–H and O–H groups in total. The summed E-state index contributed by atoms with van der Waals surface area (Å²) in [5, 5.41) is 3.16. The maximum Gasteiger partial charge on any atom is 0.191 e. The molecule has 1 aromatic heterocycles. The van der Waals surface area contributed by atoms with Gasteiger partial charge in [0.2, 0.25) is 0 Å². The first kappa shape index (κ1) is 8.27. The van der Waals surface area contributed by atoms with Crippen LogP contribution in [0.1, 0.15) is 31.0 Å². The van der Waals surface area contributed by atoms with Crippen LogP contribution in [-0.4, -0.2) is 12.0 Å². The second-order valence-corrected chi connectivity index (χ2v) is 2.54. The van der Waals surface area contributed by atoms with Crippen molar-refractivity contribution in [3.05, 3.63) is 17.8 Å². The number of aryl methyl sites for hydroxylation is 1. The van der Waals surface area contributed by atoms with Gasteiger partial charge in [-0.15, -0.1) is 0 Å². The number of nitrogens with zero attached hydrogens (tertiary/aromatic N) is 1. The first-order chi connectivity index (χ1) is 5.27. The normalized spacial score (nSPS) is 13.4. The van der Waals surface area contributed by atoms with Gasteiger partial charge in [-0.3, -0.25) is 0 Å². The number of rotatable bonds is 3. The summed E-state index contributed by atoms with van der Waals surface area (Å²) in [4.78, 5) is 4.22. The molecule has 0 fully saturated rings. The van der Waals surface area contributed by atoms with Crippen molar-refractivity contribution in [1.29, 1.82) is 0 Å². The predicted molar refractivity (Wildman–Crippen MR) is 43.3 cm³/mol. The smallest absolute Gasteiger partial charge is 0.191 e. The summed E-state index contributed by atoms with van der Waals surface area (Å²) < 4.78 is 5.10. The molecule has 1 heterocycles. The highest BCUT2D eigenvalue weighted by atomic mass is 16.3. The second kappa shape index (κ2) is 3.53. The summed E-state index contributed by atoms with van der Waals surface area (Å²) in [6, 6.07) is 0.326. The highest BCUT2D eigenvalue weighted by Crippen LogP contribution is 2.14. The van der Waals surface area contributed by atoms with Gasteiger partial charge in [0.05, 0.1) is 11.7 Å². The zero-order valence-electron chi connectivity index (χ0n) is 7.22. The van der Waals surface area contributed by atoms with Crippen molar-refractivity contribution in [2.75, 3.05) is 7.05 Å².